The molecule has 1 aromatic heterocycles. The fourth-order valence-corrected chi connectivity index (χ4v) is 2.53. The molecule has 1 aliphatic rings. The Morgan fingerprint density at radius 2 is 1.81 bits per heavy atom. The maximum Gasteiger partial charge on any atom is 0.326 e. The van der Waals surface area contributed by atoms with Gasteiger partial charge in [-0.25, -0.2) is 14.8 Å². The molecule has 0 aliphatic carbocycles. The van der Waals surface area contributed by atoms with E-state index in [0.717, 1.165) is 11.1 Å². The smallest absolute Gasteiger partial charge is 0.326 e. The number of aliphatic carboxylic acids is 1. The SMILES string of the molecule is O=C(O)C1Cc2ccccc2CN1C(=O)c1cncnc1. The van der Waals surface area contributed by atoms with E-state index in [1.165, 1.54) is 23.6 Å². The Kier molecular flexibility index (Phi) is 3.35. The first-order valence-corrected chi connectivity index (χ1v) is 6.52. The molecule has 1 amide bonds. The summed E-state index contributed by atoms with van der Waals surface area (Å²) in [6.45, 7) is 0.279. The summed E-state index contributed by atoms with van der Waals surface area (Å²) in [6.07, 6.45) is 4.44. The van der Waals surface area contributed by atoms with Crippen molar-refractivity contribution in [1.29, 1.82) is 0 Å². The summed E-state index contributed by atoms with van der Waals surface area (Å²) in [6, 6.07) is 6.70. The molecule has 0 bridgehead atoms. The highest BCUT2D eigenvalue weighted by atomic mass is 16.4. The first-order valence-electron chi connectivity index (χ1n) is 6.52. The van der Waals surface area contributed by atoms with Crippen LogP contribution in [0.25, 0.3) is 0 Å². The number of nitrogens with zero attached hydrogens (tertiary/aromatic N) is 3. The van der Waals surface area contributed by atoms with Crippen LogP contribution in [-0.2, 0) is 17.8 Å². The second kappa shape index (κ2) is 5.32. The van der Waals surface area contributed by atoms with E-state index in [-0.39, 0.29) is 12.5 Å². The maximum absolute atomic E-state index is 12.5. The molecule has 0 spiro atoms. The van der Waals surface area contributed by atoms with Crippen molar-refractivity contribution in [2.45, 2.75) is 19.0 Å². The Bertz CT molecular complexity index is 688. The van der Waals surface area contributed by atoms with Gasteiger partial charge in [0.1, 0.15) is 12.4 Å². The van der Waals surface area contributed by atoms with Gasteiger partial charge in [0.05, 0.1) is 5.56 Å². The predicted molar refractivity (Wildman–Crippen MR) is 73.5 cm³/mol. The quantitative estimate of drug-likeness (QED) is 0.893. The number of fused-ring (bicyclic) bond motifs is 1. The summed E-state index contributed by atoms with van der Waals surface area (Å²) in [4.78, 5) is 33.0. The van der Waals surface area contributed by atoms with E-state index in [4.69, 9.17) is 0 Å². The zero-order chi connectivity index (χ0) is 14.8. The maximum atomic E-state index is 12.5. The second-order valence-electron chi connectivity index (χ2n) is 4.89. The van der Waals surface area contributed by atoms with Gasteiger partial charge in [0.2, 0.25) is 0 Å². The first kappa shape index (κ1) is 13.2. The topological polar surface area (TPSA) is 83.4 Å². The molecule has 2 aromatic rings. The number of carboxylic acids is 1. The van der Waals surface area contributed by atoms with Gasteiger partial charge in [0, 0.05) is 25.4 Å². The van der Waals surface area contributed by atoms with Crippen molar-refractivity contribution in [1.82, 2.24) is 14.9 Å². The van der Waals surface area contributed by atoms with E-state index < -0.39 is 12.0 Å². The molecule has 6 nitrogen and oxygen atoms in total. The van der Waals surface area contributed by atoms with Crippen LogP contribution in [0.5, 0.6) is 0 Å². The average Bonchev–Trinajstić information content (AvgIpc) is 2.53. The molecule has 21 heavy (non-hydrogen) atoms. The van der Waals surface area contributed by atoms with Gasteiger partial charge in [-0.1, -0.05) is 24.3 Å². The minimum absolute atomic E-state index is 0.279. The largest absolute Gasteiger partial charge is 0.480 e. The van der Waals surface area contributed by atoms with Crippen LogP contribution < -0.4 is 0 Å². The van der Waals surface area contributed by atoms with Crippen LogP contribution in [0.2, 0.25) is 0 Å². The van der Waals surface area contributed by atoms with Gasteiger partial charge >= 0.3 is 5.97 Å². The Labute approximate surface area is 121 Å². The summed E-state index contributed by atoms with van der Waals surface area (Å²) in [5, 5.41) is 9.40. The summed E-state index contributed by atoms with van der Waals surface area (Å²) >= 11 is 0. The van der Waals surface area contributed by atoms with Crippen molar-refractivity contribution in [2.24, 2.45) is 0 Å². The molecular formula is C15H13N3O3. The minimum atomic E-state index is -1.00. The van der Waals surface area contributed by atoms with Gasteiger partial charge in [0.25, 0.3) is 5.91 Å². The summed E-state index contributed by atoms with van der Waals surface area (Å²) < 4.78 is 0. The van der Waals surface area contributed by atoms with E-state index in [1.807, 2.05) is 24.3 Å². The second-order valence-corrected chi connectivity index (χ2v) is 4.89. The number of carbonyl (C=O) groups excluding carboxylic acids is 1. The molecule has 0 fully saturated rings. The van der Waals surface area contributed by atoms with Crippen molar-refractivity contribution >= 4 is 11.9 Å². The van der Waals surface area contributed by atoms with E-state index in [1.54, 1.807) is 0 Å². The molecule has 0 radical (unpaired) electrons. The monoisotopic (exact) mass is 283 g/mol. The Hall–Kier alpha value is -2.76. The van der Waals surface area contributed by atoms with Crippen LogP contribution in [0.1, 0.15) is 21.5 Å². The van der Waals surface area contributed by atoms with E-state index in [9.17, 15) is 14.7 Å². The highest BCUT2D eigenvalue weighted by Gasteiger charge is 2.34. The molecule has 106 valence electrons. The number of carbonyl (C=O) groups is 2. The number of aromatic nitrogens is 2. The average molecular weight is 283 g/mol. The summed E-state index contributed by atoms with van der Waals surface area (Å²) in [5.41, 5.74) is 2.24. The van der Waals surface area contributed by atoms with Crippen LogP contribution in [0.4, 0.5) is 0 Å². The Morgan fingerprint density at radius 1 is 1.14 bits per heavy atom. The third-order valence-electron chi connectivity index (χ3n) is 3.60. The van der Waals surface area contributed by atoms with Gasteiger partial charge in [0.15, 0.2) is 0 Å². The number of amides is 1. The highest BCUT2D eigenvalue weighted by molar-refractivity contribution is 5.96. The Morgan fingerprint density at radius 3 is 2.48 bits per heavy atom. The van der Waals surface area contributed by atoms with Crippen molar-refractivity contribution in [3.05, 3.63) is 59.7 Å². The molecule has 6 heteroatoms. The number of hydrogen-bond acceptors (Lipinski definition) is 4. The molecule has 1 unspecified atom stereocenters. The standard InChI is InChI=1S/C15H13N3O3/c19-14(12-6-16-9-17-7-12)18-8-11-4-2-1-3-10(11)5-13(18)15(20)21/h1-4,6-7,9,13H,5,8H2,(H,20,21). The van der Waals surface area contributed by atoms with Crippen LogP contribution >= 0.6 is 0 Å². The first-order chi connectivity index (χ1) is 10.2. The van der Waals surface area contributed by atoms with Gasteiger partial charge in [-0.2, -0.15) is 0 Å². The summed E-state index contributed by atoms with van der Waals surface area (Å²) in [5.74, 6) is -1.37. The molecule has 2 heterocycles. The molecule has 1 aliphatic heterocycles. The van der Waals surface area contributed by atoms with Gasteiger partial charge in [-0.15, -0.1) is 0 Å². The van der Waals surface area contributed by atoms with E-state index in [2.05, 4.69) is 9.97 Å². The third-order valence-corrected chi connectivity index (χ3v) is 3.60. The molecule has 3 rings (SSSR count). The molecule has 0 saturated carbocycles. The third kappa shape index (κ3) is 2.47. The van der Waals surface area contributed by atoms with Gasteiger partial charge < -0.3 is 10.0 Å². The predicted octanol–water partition coefficient (Wildman–Crippen LogP) is 1.13. The molecule has 1 aromatic carbocycles. The van der Waals surface area contributed by atoms with Gasteiger partial charge in [-0.05, 0) is 11.1 Å². The van der Waals surface area contributed by atoms with Crippen LogP contribution in [-0.4, -0.2) is 37.9 Å². The lowest BCUT2D eigenvalue weighted by Gasteiger charge is -2.34. The molecule has 0 saturated heterocycles. The lowest BCUT2D eigenvalue weighted by Crippen LogP contribution is -2.48. The number of carboxylic acid groups (broad SMARTS) is 1. The lowest BCUT2D eigenvalue weighted by molar-refractivity contribution is -0.142. The normalized spacial score (nSPS) is 17.1. The van der Waals surface area contributed by atoms with Crippen LogP contribution in [0, 0.1) is 0 Å². The lowest BCUT2D eigenvalue weighted by atomic mass is 9.93. The van der Waals surface area contributed by atoms with E-state index in [0.29, 0.717) is 12.0 Å². The van der Waals surface area contributed by atoms with Crippen molar-refractivity contribution in [2.75, 3.05) is 0 Å². The zero-order valence-electron chi connectivity index (χ0n) is 11.1. The zero-order valence-corrected chi connectivity index (χ0v) is 11.1. The van der Waals surface area contributed by atoms with Crippen LogP contribution in [0.3, 0.4) is 0 Å². The molecule has 1 atom stereocenters. The van der Waals surface area contributed by atoms with Crippen molar-refractivity contribution in [3.8, 4) is 0 Å². The van der Waals surface area contributed by atoms with Crippen LogP contribution in [0.15, 0.2) is 43.0 Å². The number of rotatable bonds is 2. The fourth-order valence-electron chi connectivity index (χ4n) is 2.53. The van der Waals surface area contributed by atoms with Crippen molar-refractivity contribution in [3.63, 3.8) is 0 Å². The van der Waals surface area contributed by atoms with Crippen molar-refractivity contribution < 1.29 is 14.7 Å². The fraction of sp³-hybridized carbons (Fsp3) is 0.200. The Balaban J connectivity index is 1.96. The number of hydrogen-bond donors (Lipinski definition) is 1. The highest BCUT2D eigenvalue weighted by Crippen LogP contribution is 2.24. The minimum Gasteiger partial charge on any atom is -0.480 e. The number of benzene rings is 1. The summed E-state index contributed by atoms with van der Waals surface area (Å²) in [7, 11) is 0. The molecular weight excluding hydrogens is 270 g/mol. The molecule has 1 N–H and O–H groups in total. The van der Waals surface area contributed by atoms with E-state index >= 15 is 0 Å². The van der Waals surface area contributed by atoms with Gasteiger partial charge in [-0.3, -0.25) is 4.79 Å².